The summed E-state index contributed by atoms with van der Waals surface area (Å²) in [6.07, 6.45) is 3.58. The van der Waals surface area contributed by atoms with E-state index in [2.05, 4.69) is 32.9 Å². The van der Waals surface area contributed by atoms with Gasteiger partial charge < -0.3 is 10.5 Å². The second kappa shape index (κ2) is 4.46. The third kappa shape index (κ3) is 2.22. The monoisotopic (exact) mass is 219 g/mol. The molecule has 88 valence electrons. The van der Waals surface area contributed by atoms with Crippen molar-refractivity contribution in [2.75, 3.05) is 0 Å². The summed E-state index contributed by atoms with van der Waals surface area (Å²) < 4.78 is 6.08. The lowest BCUT2D eigenvalue weighted by Crippen LogP contribution is -2.33. The molecule has 1 fully saturated rings. The van der Waals surface area contributed by atoms with Gasteiger partial charge in [0.2, 0.25) is 0 Å². The molecule has 1 saturated carbocycles. The van der Waals surface area contributed by atoms with Crippen LogP contribution in [0.3, 0.4) is 0 Å². The molecule has 16 heavy (non-hydrogen) atoms. The molecule has 2 rings (SSSR count). The lowest BCUT2D eigenvalue weighted by Gasteiger charge is -2.21. The van der Waals surface area contributed by atoms with Gasteiger partial charge in [0.15, 0.2) is 0 Å². The molecule has 0 aliphatic heterocycles. The zero-order chi connectivity index (χ0) is 11.7. The molecule has 0 saturated heterocycles. The highest BCUT2D eigenvalue weighted by Crippen LogP contribution is 2.29. The van der Waals surface area contributed by atoms with Crippen LogP contribution in [0.2, 0.25) is 0 Å². The summed E-state index contributed by atoms with van der Waals surface area (Å²) in [6.45, 7) is 6.33. The molecule has 0 heterocycles. The van der Waals surface area contributed by atoms with Crippen LogP contribution in [0.4, 0.5) is 0 Å². The number of nitrogens with two attached hydrogens (primary N) is 1. The number of hydrogen-bond acceptors (Lipinski definition) is 2. The van der Waals surface area contributed by atoms with Crippen LogP contribution in [-0.2, 0) is 0 Å². The highest BCUT2D eigenvalue weighted by Gasteiger charge is 2.26. The third-order valence-electron chi connectivity index (χ3n) is 3.38. The average molecular weight is 219 g/mol. The molecule has 2 N–H and O–H groups in total. The highest BCUT2D eigenvalue weighted by molar-refractivity contribution is 5.43. The Labute approximate surface area is 97.8 Å². The average Bonchev–Trinajstić information content (AvgIpc) is 2.57. The number of ether oxygens (including phenoxy) is 1. The molecule has 2 nitrogen and oxygen atoms in total. The second-order valence-electron chi connectivity index (χ2n) is 4.98. The van der Waals surface area contributed by atoms with E-state index in [9.17, 15) is 0 Å². The van der Waals surface area contributed by atoms with Gasteiger partial charge in [-0.05, 0) is 51.2 Å². The summed E-state index contributed by atoms with van der Waals surface area (Å²) in [4.78, 5) is 0. The Morgan fingerprint density at radius 1 is 1.12 bits per heavy atom. The van der Waals surface area contributed by atoms with Crippen molar-refractivity contribution in [3.63, 3.8) is 0 Å². The van der Waals surface area contributed by atoms with Crippen LogP contribution >= 0.6 is 0 Å². The van der Waals surface area contributed by atoms with Crippen LogP contribution in [-0.4, -0.2) is 12.1 Å². The Balaban J connectivity index is 2.21. The molecule has 1 aromatic rings. The lowest BCUT2D eigenvalue weighted by atomic mass is 10.1. The smallest absolute Gasteiger partial charge is 0.125 e. The first kappa shape index (κ1) is 11.5. The van der Waals surface area contributed by atoms with Gasteiger partial charge in [-0.25, -0.2) is 0 Å². The first-order chi connectivity index (χ1) is 7.58. The molecule has 1 aliphatic carbocycles. The fourth-order valence-corrected chi connectivity index (χ4v) is 2.61. The molecular weight excluding hydrogens is 198 g/mol. The zero-order valence-corrected chi connectivity index (χ0v) is 10.4. The van der Waals surface area contributed by atoms with Gasteiger partial charge in [0.1, 0.15) is 11.9 Å². The number of benzene rings is 1. The first-order valence-corrected chi connectivity index (χ1v) is 6.08. The number of hydrogen-bond donors (Lipinski definition) is 1. The molecule has 0 amide bonds. The van der Waals surface area contributed by atoms with Crippen LogP contribution < -0.4 is 10.5 Å². The van der Waals surface area contributed by atoms with E-state index in [1.165, 1.54) is 23.1 Å². The maximum atomic E-state index is 6.08. The Morgan fingerprint density at radius 3 is 2.25 bits per heavy atom. The number of rotatable bonds is 2. The van der Waals surface area contributed by atoms with Gasteiger partial charge in [-0.2, -0.15) is 0 Å². The second-order valence-corrected chi connectivity index (χ2v) is 4.98. The van der Waals surface area contributed by atoms with Crippen LogP contribution in [0.25, 0.3) is 0 Å². The summed E-state index contributed by atoms with van der Waals surface area (Å²) >= 11 is 0. The van der Waals surface area contributed by atoms with Crippen molar-refractivity contribution < 1.29 is 4.74 Å². The fourth-order valence-electron chi connectivity index (χ4n) is 2.61. The molecule has 0 spiro atoms. The largest absolute Gasteiger partial charge is 0.488 e. The minimum Gasteiger partial charge on any atom is -0.488 e. The van der Waals surface area contributed by atoms with E-state index in [4.69, 9.17) is 10.5 Å². The van der Waals surface area contributed by atoms with E-state index >= 15 is 0 Å². The van der Waals surface area contributed by atoms with Gasteiger partial charge in [-0.15, -0.1) is 0 Å². The molecule has 1 aromatic carbocycles. The van der Waals surface area contributed by atoms with Gasteiger partial charge in [-0.1, -0.05) is 17.7 Å². The Hall–Kier alpha value is -1.02. The van der Waals surface area contributed by atoms with Crippen LogP contribution in [0.1, 0.15) is 36.0 Å². The molecule has 0 radical (unpaired) electrons. The normalized spacial score (nSPS) is 24.8. The fraction of sp³-hybridized carbons (Fsp3) is 0.571. The van der Waals surface area contributed by atoms with Gasteiger partial charge in [0.05, 0.1) is 0 Å². The van der Waals surface area contributed by atoms with E-state index in [1.54, 1.807) is 0 Å². The standard InChI is InChI=1S/C14H21NO/c1-9-7-10(2)14(11(3)8-9)16-13-6-4-5-12(13)15/h7-8,12-13H,4-6,15H2,1-3H3. The SMILES string of the molecule is Cc1cc(C)c(OC2CCCC2N)c(C)c1. The quantitative estimate of drug-likeness (QED) is 0.830. The molecule has 1 aliphatic rings. The lowest BCUT2D eigenvalue weighted by molar-refractivity contribution is 0.189. The predicted molar refractivity (Wildman–Crippen MR) is 66.9 cm³/mol. The van der Waals surface area contributed by atoms with Crippen LogP contribution in [0.5, 0.6) is 5.75 Å². The van der Waals surface area contributed by atoms with Crippen molar-refractivity contribution in [2.24, 2.45) is 5.73 Å². The highest BCUT2D eigenvalue weighted by atomic mass is 16.5. The van der Waals surface area contributed by atoms with Crippen molar-refractivity contribution >= 4 is 0 Å². The van der Waals surface area contributed by atoms with Crippen LogP contribution in [0.15, 0.2) is 12.1 Å². The molecule has 2 heteroatoms. The van der Waals surface area contributed by atoms with E-state index in [0.717, 1.165) is 18.6 Å². The van der Waals surface area contributed by atoms with Crippen molar-refractivity contribution in [2.45, 2.75) is 52.2 Å². The molecule has 0 aromatic heterocycles. The first-order valence-electron chi connectivity index (χ1n) is 6.08. The molecular formula is C14H21NO. The van der Waals surface area contributed by atoms with Gasteiger partial charge in [0.25, 0.3) is 0 Å². The van der Waals surface area contributed by atoms with Gasteiger partial charge in [-0.3, -0.25) is 0 Å². The van der Waals surface area contributed by atoms with E-state index in [0.29, 0.717) is 0 Å². The van der Waals surface area contributed by atoms with Crippen molar-refractivity contribution in [1.29, 1.82) is 0 Å². The van der Waals surface area contributed by atoms with Gasteiger partial charge in [0, 0.05) is 6.04 Å². The molecule has 0 bridgehead atoms. The topological polar surface area (TPSA) is 35.2 Å². The van der Waals surface area contributed by atoms with Crippen LogP contribution in [0, 0.1) is 20.8 Å². The minimum atomic E-state index is 0.208. The van der Waals surface area contributed by atoms with E-state index < -0.39 is 0 Å². The van der Waals surface area contributed by atoms with Crippen molar-refractivity contribution in [3.05, 3.63) is 28.8 Å². The third-order valence-corrected chi connectivity index (χ3v) is 3.38. The summed E-state index contributed by atoms with van der Waals surface area (Å²) in [7, 11) is 0. The maximum Gasteiger partial charge on any atom is 0.125 e. The minimum absolute atomic E-state index is 0.208. The summed E-state index contributed by atoms with van der Waals surface area (Å²) in [6, 6.07) is 4.55. The summed E-state index contributed by atoms with van der Waals surface area (Å²) in [5.74, 6) is 1.04. The molecule has 2 atom stereocenters. The van der Waals surface area contributed by atoms with E-state index in [-0.39, 0.29) is 12.1 Å². The van der Waals surface area contributed by atoms with Gasteiger partial charge >= 0.3 is 0 Å². The summed E-state index contributed by atoms with van der Waals surface area (Å²) in [5.41, 5.74) is 9.76. The molecule has 2 unspecified atom stereocenters. The van der Waals surface area contributed by atoms with Crippen molar-refractivity contribution in [3.8, 4) is 5.75 Å². The zero-order valence-electron chi connectivity index (χ0n) is 10.4. The Morgan fingerprint density at radius 2 is 1.75 bits per heavy atom. The summed E-state index contributed by atoms with van der Waals surface area (Å²) in [5, 5.41) is 0. The number of aryl methyl sites for hydroxylation is 3. The Bertz CT molecular complexity index is 363. The van der Waals surface area contributed by atoms with E-state index in [1.807, 2.05) is 0 Å². The predicted octanol–water partition coefficient (Wildman–Crippen LogP) is 2.87. The maximum absolute atomic E-state index is 6.08. The van der Waals surface area contributed by atoms with Crippen molar-refractivity contribution in [1.82, 2.24) is 0 Å². The Kier molecular flexibility index (Phi) is 3.20.